The minimum Gasteiger partial charge on any atom is -0.369 e. The van der Waals surface area contributed by atoms with Crippen LogP contribution in [0.2, 0.25) is 0 Å². The van der Waals surface area contributed by atoms with Crippen molar-refractivity contribution >= 4 is 17.2 Å². The first-order valence-corrected chi connectivity index (χ1v) is 6.58. The lowest BCUT2D eigenvalue weighted by Crippen LogP contribution is -2.09. The first-order chi connectivity index (χ1) is 8.61. The van der Waals surface area contributed by atoms with Crippen LogP contribution in [0.5, 0.6) is 0 Å². The van der Waals surface area contributed by atoms with E-state index in [2.05, 4.69) is 26.8 Å². The summed E-state index contributed by atoms with van der Waals surface area (Å²) in [5.41, 5.74) is 2.46. The average molecular weight is 261 g/mol. The van der Waals surface area contributed by atoms with Crippen molar-refractivity contribution in [2.45, 2.75) is 20.3 Å². The van der Waals surface area contributed by atoms with Crippen LogP contribution in [0.15, 0.2) is 5.38 Å². The highest BCUT2D eigenvalue weighted by atomic mass is 32.1. The van der Waals surface area contributed by atoms with Crippen LogP contribution in [0.3, 0.4) is 0 Å². The maximum Gasteiger partial charge on any atom is 0.142 e. The third-order valence-electron chi connectivity index (χ3n) is 2.67. The zero-order chi connectivity index (χ0) is 13.1. The molecule has 0 fully saturated rings. The standard InChI is InChI=1S/C12H15N5S/c1-8-11(6-13)12(17(3)16-8)14-5-4-10-7-18-9(2)15-10/h7,14H,4-5H2,1-3H3. The number of hydrogen-bond donors (Lipinski definition) is 1. The van der Waals surface area contributed by atoms with Crippen molar-refractivity contribution in [3.8, 4) is 6.07 Å². The lowest BCUT2D eigenvalue weighted by molar-refractivity contribution is 0.756. The zero-order valence-corrected chi connectivity index (χ0v) is 11.5. The minimum atomic E-state index is 0.618. The number of aryl methyl sites for hydroxylation is 3. The van der Waals surface area contributed by atoms with E-state index in [1.165, 1.54) is 0 Å². The highest BCUT2D eigenvalue weighted by Crippen LogP contribution is 2.17. The van der Waals surface area contributed by atoms with Gasteiger partial charge in [0.15, 0.2) is 0 Å². The molecule has 0 saturated heterocycles. The van der Waals surface area contributed by atoms with Gasteiger partial charge in [0.2, 0.25) is 0 Å². The second-order valence-electron chi connectivity index (χ2n) is 4.08. The normalized spacial score (nSPS) is 10.3. The number of hydrogen-bond acceptors (Lipinski definition) is 5. The molecule has 2 aromatic heterocycles. The number of thiazole rings is 1. The van der Waals surface area contributed by atoms with E-state index in [9.17, 15) is 0 Å². The van der Waals surface area contributed by atoms with Crippen molar-refractivity contribution in [2.75, 3.05) is 11.9 Å². The molecule has 0 spiro atoms. The summed E-state index contributed by atoms with van der Waals surface area (Å²) in [4.78, 5) is 4.40. The molecule has 94 valence electrons. The van der Waals surface area contributed by atoms with Gasteiger partial charge in [-0.15, -0.1) is 11.3 Å². The molecule has 2 heterocycles. The van der Waals surface area contributed by atoms with E-state index in [1.807, 2.05) is 20.9 Å². The van der Waals surface area contributed by atoms with Gasteiger partial charge in [0.25, 0.3) is 0 Å². The van der Waals surface area contributed by atoms with Crippen molar-refractivity contribution in [3.63, 3.8) is 0 Å². The Morgan fingerprint density at radius 2 is 2.28 bits per heavy atom. The van der Waals surface area contributed by atoms with Crippen molar-refractivity contribution in [1.82, 2.24) is 14.8 Å². The number of nitrogens with zero attached hydrogens (tertiary/aromatic N) is 4. The van der Waals surface area contributed by atoms with Crippen molar-refractivity contribution in [1.29, 1.82) is 5.26 Å². The van der Waals surface area contributed by atoms with Crippen LogP contribution in [0.1, 0.15) is 22.0 Å². The number of nitriles is 1. The second-order valence-corrected chi connectivity index (χ2v) is 5.14. The van der Waals surface area contributed by atoms with E-state index in [0.717, 1.165) is 35.2 Å². The lowest BCUT2D eigenvalue weighted by atomic mass is 10.2. The molecule has 6 heteroatoms. The van der Waals surface area contributed by atoms with Crippen molar-refractivity contribution < 1.29 is 0 Å². The second kappa shape index (κ2) is 5.19. The van der Waals surface area contributed by atoms with E-state index in [0.29, 0.717) is 5.56 Å². The quantitative estimate of drug-likeness (QED) is 0.914. The van der Waals surface area contributed by atoms with Crippen LogP contribution in [0.4, 0.5) is 5.82 Å². The molecule has 0 bridgehead atoms. The summed E-state index contributed by atoms with van der Waals surface area (Å²) in [5.74, 6) is 0.780. The third kappa shape index (κ3) is 2.51. The van der Waals surface area contributed by atoms with Gasteiger partial charge in [-0.05, 0) is 13.8 Å². The average Bonchev–Trinajstić information content (AvgIpc) is 2.84. The molecule has 0 radical (unpaired) electrons. The molecular weight excluding hydrogens is 246 g/mol. The van der Waals surface area contributed by atoms with Gasteiger partial charge >= 0.3 is 0 Å². The van der Waals surface area contributed by atoms with Crippen LogP contribution in [0.25, 0.3) is 0 Å². The fourth-order valence-corrected chi connectivity index (χ4v) is 2.47. The number of rotatable bonds is 4. The number of nitrogens with one attached hydrogen (secondary N) is 1. The van der Waals surface area contributed by atoms with Gasteiger partial charge in [-0.25, -0.2) is 4.98 Å². The molecule has 0 unspecified atom stereocenters. The molecule has 0 aliphatic rings. The smallest absolute Gasteiger partial charge is 0.142 e. The summed E-state index contributed by atoms with van der Waals surface area (Å²) in [6.45, 7) is 4.59. The Hall–Kier alpha value is -1.87. The summed E-state index contributed by atoms with van der Waals surface area (Å²) >= 11 is 1.66. The van der Waals surface area contributed by atoms with Crippen LogP contribution >= 0.6 is 11.3 Å². The molecule has 5 nitrogen and oxygen atoms in total. The summed E-state index contributed by atoms with van der Waals surface area (Å²) in [7, 11) is 1.84. The minimum absolute atomic E-state index is 0.618. The third-order valence-corrected chi connectivity index (χ3v) is 3.50. The largest absolute Gasteiger partial charge is 0.369 e. The SMILES string of the molecule is Cc1nc(CCNc2c(C#N)c(C)nn2C)cs1. The van der Waals surface area contributed by atoms with Gasteiger partial charge in [-0.3, -0.25) is 4.68 Å². The Bertz CT molecular complexity index is 590. The number of anilines is 1. The summed E-state index contributed by atoms with van der Waals surface area (Å²) in [6.07, 6.45) is 0.847. The molecule has 0 amide bonds. The predicted octanol–water partition coefficient (Wildman–Crippen LogP) is 2.02. The van der Waals surface area contributed by atoms with Crippen molar-refractivity contribution in [3.05, 3.63) is 27.3 Å². The Balaban J connectivity index is 2.01. The molecule has 0 saturated carbocycles. The van der Waals surface area contributed by atoms with E-state index >= 15 is 0 Å². The van der Waals surface area contributed by atoms with Crippen LogP contribution in [-0.2, 0) is 13.5 Å². The van der Waals surface area contributed by atoms with E-state index in [-0.39, 0.29) is 0 Å². The van der Waals surface area contributed by atoms with Crippen LogP contribution in [-0.4, -0.2) is 21.3 Å². The van der Waals surface area contributed by atoms with E-state index in [1.54, 1.807) is 16.0 Å². The monoisotopic (exact) mass is 261 g/mol. The van der Waals surface area contributed by atoms with Crippen molar-refractivity contribution in [2.24, 2.45) is 7.05 Å². The van der Waals surface area contributed by atoms with E-state index in [4.69, 9.17) is 5.26 Å². The Morgan fingerprint density at radius 3 is 2.89 bits per heavy atom. The van der Waals surface area contributed by atoms with Gasteiger partial charge in [-0.1, -0.05) is 0 Å². The van der Waals surface area contributed by atoms with Gasteiger partial charge in [-0.2, -0.15) is 10.4 Å². The van der Waals surface area contributed by atoms with Crippen LogP contribution < -0.4 is 5.32 Å². The summed E-state index contributed by atoms with van der Waals surface area (Å²) in [6, 6.07) is 2.18. The molecular formula is C12H15N5S. The summed E-state index contributed by atoms with van der Waals surface area (Å²) < 4.78 is 1.71. The Kier molecular flexibility index (Phi) is 3.63. The first kappa shape index (κ1) is 12.6. The molecule has 0 aliphatic carbocycles. The fourth-order valence-electron chi connectivity index (χ4n) is 1.83. The van der Waals surface area contributed by atoms with Gasteiger partial charge in [0.1, 0.15) is 17.5 Å². The molecule has 18 heavy (non-hydrogen) atoms. The molecule has 1 N–H and O–H groups in total. The molecule has 2 rings (SSSR count). The van der Waals surface area contributed by atoms with Crippen LogP contribution in [0, 0.1) is 25.2 Å². The zero-order valence-electron chi connectivity index (χ0n) is 10.7. The summed E-state index contributed by atoms with van der Waals surface area (Å²) in [5, 5.41) is 19.7. The Morgan fingerprint density at radius 1 is 1.50 bits per heavy atom. The van der Waals surface area contributed by atoms with Gasteiger partial charge in [0, 0.05) is 25.4 Å². The molecule has 0 atom stereocenters. The topological polar surface area (TPSA) is 66.5 Å². The maximum absolute atomic E-state index is 9.08. The fraction of sp³-hybridized carbons (Fsp3) is 0.417. The predicted molar refractivity (Wildman–Crippen MR) is 71.7 cm³/mol. The number of aromatic nitrogens is 3. The highest BCUT2D eigenvalue weighted by molar-refractivity contribution is 7.09. The molecule has 0 aromatic carbocycles. The highest BCUT2D eigenvalue weighted by Gasteiger charge is 2.12. The maximum atomic E-state index is 9.08. The first-order valence-electron chi connectivity index (χ1n) is 5.70. The lowest BCUT2D eigenvalue weighted by Gasteiger charge is -2.05. The van der Waals surface area contributed by atoms with Gasteiger partial charge in [0.05, 0.1) is 16.4 Å². The molecule has 0 aliphatic heterocycles. The Labute approximate surface area is 110 Å². The van der Waals surface area contributed by atoms with Gasteiger partial charge < -0.3 is 5.32 Å². The van der Waals surface area contributed by atoms with E-state index < -0.39 is 0 Å². The molecule has 2 aromatic rings.